The van der Waals surface area contributed by atoms with Gasteiger partial charge < -0.3 is 10.4 Å². The van der Waals surface area contributed by atoms with Crippen molar-refractivity contribution in [3.05, 3.63) is 0 Å². The lowest BCUT2D eigenvalue weighted by Gasteiger charge is -2.15. The molecule has 1 heterocycles. The molecular weight excluding hydrogens is 188 g/mol. The molecule has 0 aromatic carbocycles. The van der Waals surface area contributed by atoms with E-state index in [4.69, 9.17) is 5.11 Å². The van der Waals surface area contributed by atoms with Crippen LogP contribution in [0, 0.1) is 0 Å². The molecule has 1 saturated heterocycles. The second kappa shape index (κ2) is 5.28. The van der Waals surface area contributed by atoms with Gasteiger partial charge in [-0.05, 0) is 45.6 Å². The Morgan fingerprint density at radius 2 is 2.20 bits per heavy atom. The van der Waals surface area contributed by atoms with Crippen molar-refractivity contribution in [2.75, 3.05) is 19.6 Å². The summed E-state index contributed by atoms with van der Waals surface area (Å²) in [6.07, 6.45) is 6.04. The molecule has 0 aromatic rings. The zero-order chi connectivity index (χ0) is 10.7. The van der Waals surface area contributed by atoms with Gasteiger partial charge in [0.1, 0.15) is 0 Å². The first-order valence-corrected chi connectivity index (χ1v) is 6.41. The van der Waals surface area contributed by atoms with Gasteiger partial charge in [-0.1, -0.05) is 0 Å². The van der Waals surface area contributed by atoms with E-state index in [1.54, 1.807) is 0 Å². The van der Waals surface area contributed by atoms with Gasteiger partial charge in [-0.2, -0.15) is 0 Å². The van der Waals surface area contributed by atoms with Gasteiger partial charge in [0.15, 0.2) is 0 Å². The molecule has 1 aliphatic carbocycles. The molecule has 2 rings (SSSR count). The minimum absolute atomic E-state index is 0.140. The highest BCUT2D eigenvalue weighted by atomic mass is 16.3. The van der Waals surface area contributed by atoms with Crippen LogP contribution in [0.4, 0.5) is 0 Å². The summed E-state index contributed by atoms with van der Waals surface area (Å²) >= 11 is 0. The topological polar surface area (TPSA) is 35.5 Å². The molecule has 2 aliphatic rings. The number of likely N-dealkylation sites (tertiary alicyclic amines) is 1. The summed E-state index contributed by atoms with van der Waals surface area (Å²) in [5, 5.41) is 12.7. The monoisotopic (exact) mass is 212 g/mol. The number of aliphatic hydroxyl groups excluding tert-OH is 1. The van der Waals surface area contributed by atoms with E-state index < -0.39 is 0 Å². The highest BCUT2D eigenvalue weighted by Gasteiger charge is 2.33. The summed E-state index contributed by atoms with van der Waals surface area (Å²) in [6.45, 7) is 5.47. The fraction of sp³-hybridized carbons (Fsp3) is 1.00. The van der Waals surface area contributed by atoms with Crippen LogP contribution in [-0.2, 0) is 0 Å². The number of nitrogens with one attached hydrogen (secondary N) is 1. The molecule has 2 atom stereocenters. The molecule has 3 heteroatoms. The van der Waals surface area contributed by atoms with Gasteiger partial charge in [0, 0.05) is 25.2 Å². The fourth-order valence-electron chi connectivity index (χ4n) is 2.43. The maximum Gasteiger partial charge on any atom is 0.0512 e. The zero-order valence-corrected chi connectivity index (χ0v) is 9.78. The van der Waals surface area contributed by atoms with E-state index in [9.17, 15) is 0 Å². The van der Waals surface area contributed by atoms with E-state index in [1.165, 1.54) is 32.4 Å². The molecule has 0 aromatic heterocycles. The van der Waals surface area contributed by atoms with E-state index in [0.717, 1.165) is 25.4 Å². The number of aliphatic hydroxyl groups is 1. The summed E-state index contributed by atoms with van der Waals surface area (Å²) in [7, 11) is 0. The summed E-state index contributed by atoms with van der Waals surface area (Å²) in [4.78, 5) is 2.63. The molecule has 2 unspecified atom stereocenters. The number of rotatable bonds is 6. The Labute approximate surface area is 92.8 Å². The fourth-order valence-corrected chi connectivity index (χ4v) is 2.43. The molecule has 2 fully saturated rings. The van der Waals surface area contributed by atoms with Crippen molar-refractivity contribution >= 4 is 0 Å². The average Bonchev–Trinajstić information content (AvgIpc) is 2.94. The molecule has 88 valence electrons. The molecular formula is C12H24N2O. The van der Waals surface area contributed by atoms with Crippen molar-refractivity contribution in [2.45, 2.75) is 57.2 Å². The molecule has 2 N–H and O–H groups in total. The number of hydrogen-bond donors (Lipinski definition) is 2. The largest absolute Gasteiger partial charge is 0.393 e. The standard InChI is InChI=1S/C12H24N2O/c1-10(15)3-2-7-13-11-6-8-14(9-11)12-4-5-12/h10-13,15H,2-9H2,1H3. The Balaban J connectivity index is 1.52. The summed E-state index contributed by atoms with van der Waals surface area (Å²) < 4.78 is 0. The van der Waals surface area contributed by atoms with Gasteiger partial charge >= 0.3 is 0 Å². The van der Waals surface area contributed by atoms with Crippen LogP contribution in [0.15, 0.2) is 0 Å². The van der Waals surface area contributed by atoms with Crippen LogP contribution in [0.3, 0.4) is 0 Å². The second-order valence-corrected chi connectivity index (χ2v) is 5.16. The average molecular weight is 212 g/mol. The van der Waals surface area contributed by atoms with Crippen LogP contribution < -0.4 is 5.32 Å². The molecule has 0 radical (unpaired) electrons. The lowest BCUT2D eigenvalue weighted by atomic mass is 10.2. The van der Waals surface area contributed by atoms with E-state index in [0.29, 0.717) is 6.04 Å². The molecule has 0 bridgehead atoms. The summed E-state index contributed by atoms with van der Waals surface area (Å²) in [6, 6.07) is 1.63. The zero-order valence-electron chi connectivity index (χ0n) is 9.78. The first-order chi connectivity index (χ1) is 7.25. The first kappa shape index (κ1) is 11.4. The highest BCUT2D eigenvalue weighted by molar-refractivity contribution is 4.91. The van der Waals surface area contributed by atoms with Gasteiger partial charge in [0.2, 0.25) is 0 Å². The van der Waals surface area contributed by atoms with Crippen molar-refractivity contribution in [3.8, 4) is 0 Å². The van der Waals surface area contributed by atoms with Crippen LogP contribution in [-0.4, -0.2) is 47.8 Å². The number of nitrogens with zero attached hydrogens (tertiary/aromatic N) is 1. The molecule has 1 aliphatic heterocycles. The third-order valence-electron chi connectivity index (χ3n) is 3.51. The Kier molecular flexibility index (Phi) is 4.00. The maximum atomic E-state index is 9.13. The van der Waals surface area contributed by atoms with Crippen LogP contribution in [0.1, 0.15) is 39.0 Å². The maximum absolute atomic E-state index is 9.13. The van der Waals surface area contributed by atoms with Crippen LogP contribution in [0.5, 0.6) is 0 Å². The van der Waals surface area contributed by atoms with Gasteiger partial charge in [-0.25, -0.2) is 0 Å². The summed E-state index contributed by atoms with van der Waals surface area (Å²) in [5.74, 6) is 0. The predicted molar refractivity (Wildman–Crippen MR) is 61.9 cm³/mol. The second-order valence-electron chi connectivity index (χ2n) is 5.16. The Morgan fingerprint density at radius 1 is 1.40 bits per heavy atom. The Hall–Kier alpha value is -0.120. The molecule has 3 nitrogen and oxygen atoms in total. The molecule has 0 spiro atoms. The van der Waals surface area contributed by atoms with Crippen LogP contribution in [0.2, 0.25) is 0 Å². The van der Waals surface area contributed by atoms with Crippen molar-refractivity contribution in [2.24, 2.45) is 0 Å². The van der Waals surface area contributed by atoms with Gasteiger partial charge in [-0.3, -0.25) is 4.90 Å². The third-order valence-corrected chi connectivity index (χ3v) is 3.51. The van der Waals surface area contributed by atoms with Crippen molar-refractivity contribution < 1.29 is 5.11 Å². The predicted octanol–water partition coefficient (Wildman–Crippen LogP) is 0.974. The van der Waals surface area contributed by atoms with Gasteiger partial charge in [0.25, 0.3) is 0 Å². The van der Waals surface area contributed by atoms with Gasteiger partial charge in [-0.15, -0.1) is 0 Å². The van der Waals surface area contributed by atoms with Crippen molar-refractivity contribution in [3.63, 3.8) is 0 Å². The lowest BCUT2D eigenvalue weighted by Crippen LogP contribution is -2.34. The smallest absolute Gasteiger partial charge is 0.0512 e. The minimum Gasteiger partial charge on any atom is -0.393 e. The molecule has 0 amide bonds. The quantitative estimate of drug-likeness (QED) is 0.644. The van der Waals surface area contributed by atoms with E-state index in [-0.39, 0.29) is 6.10 Å². The first-order valence-electron chi connectivity index (χ1n) is 6.41. The molecule has 15 heavy (non-hydrogen) atoms. The Morgan fingerprint density at radius 3 is 2.87 bits per heavy atom. The van der Waals surface area contributed by atoms with Crippen molar-refractivity contribution in [1.82, 2.24) is 10.2 Å². The summed E-state index contributed by atoms with van der Waals surface area (Å²) in [5.41, 5.74) is 0. The van der Waals surface area contributed by atoms with E-state index >= 15 is 0 Å². The third kappa shape index (κ3) is 3.74. The van der Waals surface area contributed by atoms with E-state index in [1.807, 2.05) is 6.92 Å². The number of hydrogen-bond acceptors (Lipinski definition) is 3. The lowest BCUT2D eigenvalue weighted by molar-refractivity contribution is 0.181. The normalized spacial score (nSPS) is 29.6. The van der Waals surface area contributed by atoms with Crippen molar-refractivity contribution in [1.29, 1.82) is 0 Å². The Bertz CT molecular complexity index is 192. The van der Waals surface area contributed by atoms with Gasteiger partial charge in [0.05, 0.1) is 6.10 Å². The minimum atomic E-state index is -0.140. The highest BCUT2D eigenvalue weighted by Crippen LogP contribution is 2.29. The van der Waals surface area contributed by atoms with Crippen LogP contribution in [0.25, 0.3) is 0 Å². The van der Waals surface area contributed by atoms with E-state index in [2.05, 4.69) is 10.2 Å². The molecule has 1 saturated carbocycles. The van der Waals surface area contributed by atoms with Crippen LogP contribution >= 0.6 is 0 Å². The SMILES string of the molecule is CC(O)CCCNC1CCN(C2CC2)C1.